The minimum absolute atomic E-state index is 0.0161. The molecule has 1 aliphatic rings. The first-order valence-corrected chi connectivity index (χ1v) is 10.1. The van der Waals surface area contributed by atoms with E-state index in [1.54, 1.807) is 11.4 Å². The van der Waals surface area contributed by atoms with E-state index in [1.165, 1.54) is 0 Å². The minimum atomic E-state index is -5.26. The second-order valence-corrected chi connectivity index (χ2v) is 7.15. The van der Waals surface area contributed by atoms with E-state index in [4.69, 9.17) is 23.7 Å². The summed E-state index contributed by atoms with van der Waals surface area (Å²) in [6.45, 7) is 6.21. The van der Waals surface area contributed by atoms with Gasteiger partial charge in [0.25, 0.3) is 0 Å². The summed E-state index contributed by atoms with van der Waals surface area (Å²) in [5.74, 6) is -4.85. The summed E-state index contributed by atoms with van der Waals surface area (Å²) in [7, 11) is 0. The Bertz CT molecular complexity index is 713. The van der Waals surface area contributed by atoms with E-state index in [9.17, 15) is 32.3 Å². The number of rotatable bonds is 11. The van der Waals surface area contributed by atoms with E-state index >= 15 is 0 Å². The van der Waals surface area contributed by atoms with Gasteiger partial charge >= 0.3 is 30.0 Å². The van der Waals surface area contributed by atoms with Crippen LogP contribution in [0.1, 0.15) is 40.0 Å². The van der Waals surface area contributed by atoms with Crippen LogP contribution in [0.15, 0.2) is 12.7 Å². The van der Waals surface area contributed by atoms with Crippen molar-refractivity contribution in [1.82, 2.24) is 5.32 Å². The van der Waals surface area contributed by atoms with Gasteiger partial charge in [-0.1, -0.05) is 6.08 Å². The van der Waals surface area contributed by atoms with Gasteiger partial charge < -0.3 is 29.0 Å². The molecule has 0 aromatic heterocycles. The van der Waals surface area contributed by atoms with Crippen LogP contribution in [-0.2, 0) is 42.9 Å². The van der Waals surface area contributed by atoms with Crippen LogP contribution in [0.4, 0.5) is 13.2 Å². The molecule has 0 radical (unpaired) electrons. The van der Waals surface area contributed by atoms with Gasteiger partial charge in [-0.2, -0.15) is 13.2 Å². The van der Waals surface area contributed by atoms with Crippen LogP contribution in [0, 0.1) is 0 Å². The van der Waals surface area contributed by atoms with Gasteiger partial charge in [-0.3, -0.25) is 19.2 Å². The van der Waals surface area contributed by atoms with Crippen molar-refractivity contribution in [2.45, 2.75) is 76.9 Å². The van der Waals surface area contributed by atoms with E-state index in [-0.39, 0.29) is 6.61 Å². The zero-order valence-corrected chi connectivity index (χ0v) is 18.5. The summed E-state index contributed by atoms with van der Waals surface area (Å²) < 4.78 is 65.2. The van der Waals surface area contributed by atoms with Gasteiger partial charge in [-0.05, 0) is 19.3 Å². The van der Waals surface area contributed by atoms with Gasteiger partial charge in [0.1, 0.15) is 18.8 Å². The molecule has 188 valence electrons. The number of halogens is 3. The van der Waals surface area contributed by atoms with E-state index in [1.807, 2.05) is 0 Å². The van der Waals surface area contributed by atoms with Crippen LogP contribution in [0.3, 0.4) is 0 Å². The normalized spacial score (nSPS) is 25.0. The topological polar surface area (TPSA) is 126 Å². The molecule has 1 N–H and O–H groups in total. The van der Waals surface area contributed by atoms with Crippen molar-refractivity contribution in [2.24, 2.45) is 0 Å². The van der Waals surface area contributed by atoms with Crippen molar-refractivity contribution >= 4 is 23.8 Å². The van der Waals surface area contributed by atoms with Crippen LogP contribution in [0.2, 0.25) is 0 Å². The first-order valence-electron chi connectivity index (χ1n) is 10.1. The number of unbranched alkanes of at least 4 members (excludes halogenated alkanes) is 2. The second kappa shape index (κ2) is 13.1. The number of esters is 3. The SMILES string of the molecule is C=CCCCCO[C@@H]1OC(COC(C)=O)[C@H](OC(C)=O)C(OC(C)=O)C1NC(=O)C(F)(F)F. The average Bonchev–Trinajstić information content (AvgIpc) is 2.68. The van der Waals surface area contributed by atoms with Gasteiger partial charge in [-0.25, -0.2) is 0 Å². The minimum Gasteiger partial charge on any atom is -0.463 e. The average molecular weight is 483 g/mol. The summed E-state index contributed by atoms with van der Waals surface area (Å²) in [6.07, 6.45) is -7.73. The van der Waals surface area contributed by atoms with Crippen molar-refractivity contribution in [3.63, 3.8) is 0 Å². The number of carbonyl (C=O) groups excluding carboxylic acids is 4. The number of hydrogen-bond acceptors (Lipinski definition) is 9. The lowest BCUT2D eigenvalue weighted by atomic mass is 9.96. The molecule has 0 spiro atoms. The largest absolute Gasteiger partial charge is 0.471 e. The lowest BCUT2D eigenvalue weighted by Crippen LogP contribution is -2.67. The fourth-order valence-corrected chi connectivity index (χ4v) is 3.02. The highest BCUT2D eigenvalue weighted by Gasteiger charge is 2.53. The first kappa shape index (κ1) is 28.4. The molecule has 0 aromatic rings. The second-order valence-electron chi connectivity index (χ2n) is 7.15. The quantitative estimate of drug-likeness (QED) is 0.202. The lowest BCUT2D eigenvalue weighted by molar-refractivity contribution is -0.279. The summed E-state index contributed by atoms with van der Waals surface area (Å²) in [6, 6.07) is -1.69. The van der Waals surface area contributed by atoms with E-state index in [0.717, 1.165) is 20.8 Å². The summed E-state index contributed by atoms with van der Waals surface area (Å²) in [5, 5.41) is 1.70. The third kappa shape index (κ3) is 9.78. The van der Waals surface area contributed by atoms with Crippen molar-refractivity contribution in [2.75, 3.05) is 13.2 Å². The van der Waals surface area contributed by atoms with Gasteiger partial charge in [0, 0.05) is 27.4 Å². The Hall–Kier alpha value is -2.67. The van der Waals surface area contributed by atoms with Gasteiger partial charge in [0.2, 0.25) is 0 Å². The molecular weight excluding hydrogens is 455 g/mol. The van der Waals surface area contributed by atoms with E-state index in [0.29, 0.717) is 19.3 Å². The molecule has 13 heteroatoms. The van der Waals surface area contributed by atoms with Crippen LogP contribution in [-0.4, -0.2) is 73.8 Å². The third-order valence-corrected chi connectivity index (χ3v) is 4.34. The molecule has 0 bridgehead atoms. The Morgan fingerprint density at radius 2 is 1.61 bits per heavy atom. The van der Waals surface area contributed by atoms with Crippen molar-refractivity contribution in [3.8, 4) is 0 Å². The third-order valence-electron chi connectivity index (χ3n) is 4.34. The van der Waals surface area contributed by atoms with Gasteiger partial charge in [-0.15, -0.1) is 6.58 Å². The number of nitrogens with one attached hydrogen (secondary N) is 1. The molecule has 3 unspecified atom stereocenters. The molecule has 0 saturated carbocycles. The van der Waals surface area contributed by atoms with Crippen LogP contribution < -0.4 is 5.32 Å². The molecule has 10 nitrogen and oxygen atoms in total. The molecular formula is C20H28F3NO9. The fourth-order valence-electron chi connectivity index (χ4n) is 3.02. The number of carbonyl (C=O) groups is 4. The van der Waals surface area contributed by atoms with Crippen molar-refractivity contribution in [1.29, 1.82) is 0 Å². The molecule has 1 saturated heterocycles. The summed E-state index contributed by atoms with van der Waals surface area (Å²) in [4.78, 5) is 46.3. The zero-order valence-electron chi connectivity index (χ0n) is 18.5. The highest BCUT2D eigenvalue weighted by molar-refractivity contribution is 5.82. The molecule has 1 heterocycles. The maximum atomic E-state index is 13.0. The monoisotopic (exact) mass is 483 g/mol. The smallest absolute Gasteiger partial charge is 0.463 e. The van der Waals surface area contributed by atoms with Crippen LogP contribution in [0.25, 0.3) is 0 Å². The Morgan fingerprint density at radius 1 is 1.00 bits per heavy atom. The number of amides is 1. The molecule has 0 aromatic carbocycles. The highest BCUT2D eigenvalue weighted by atomic mass is 19.4. The van der Waals surface area contributed by atoms with Gasteiger partial charge in [0.05, 0.1) is 0 Å². The standard InChI is InChI=1S/C20H28F3NO9/c1-5-6-7-8-9-29-18-15(24-19(28)20(21,22)23)17(32-13(4)27)16(31-12(3)26)14(33-18)10-30-11(2)25/h5,14-18H,1,6-10H2,2-4H3,(H,24,28)/t14?,15?,16-,17?,18+/m0/s1. The van der Waals surface area contributed by atoms with Crippen molar-refractivity contribution < 1.29 is 56.0 Å². The van der Waals surface area contributed by atoms with Crippen LogP contribution >= 0.6 is 0 Å². The predicted octanol–water partition coefficient (Wildman–Crippen LogP) is 1.56. The molecule has 1 fully saturated rings. The van der Waals surface area contributed by atoms with E-state index < -0.39 is 67.2 Å². The number of alkyl halides is 3. The Balaban J connectivity index is 3.28. The maximum absolute atomic E-state index is 13.0. The first-order chi connectivity index (χ1) is 15.4. The van der Waals surface area contributed by atoms with Gasteiger partial charge in [0.15, 0.2) is 18.5 Å². The molecule has 1 aliphatic heterocycles. The van der Waals surface area contributed by atoms with Crippen LogP contribution in [0.5, 0.6) is 0 Å². The highest BCUT2D eigenvalue weighted by Crippen LogP contribution is 2.29. The maximum Gasteiger partial charge on any atom is 0.471 e. The Kier molecular flexibility index (Phi) is 11.3. The Labute approximate surface area is 188 Å². The van der Waals surface area contributed by atoms with Crippen molar-refractivity contribution in [3.05, 3.63) is 12.7 Å². The van der Waals surface area contributed by atoms with E-state index in [2.05, 4.69) is 6.58 Å². The lowest BCUT2D eigenvalue weighted by Gasteiger charge is -2.45. The molecule has 33 heavy (non-hydrogen) atoms. The Morgan fingerprint density at radius 3 is 2.12 bits per heavy atom. The molecule has 1 rings (SSSR count). The number of ether oxygens (including phenoxy) is 5. The molecule has 5 atom stereocenters. The summed E-state index contributed by atoms with van der Waals surface area (Å²) >= 11 is 0. The number of allylic oxidation sites excluding steroid dienone is 1. The predicted molar refractivity (Wildman–Crippen MR) is 104 cm³/mol. The fraction of sp³-hybridized carbons (Fsp3) is 0.700. The summed E-state index contributed by atoms with van der Waals surface area (Å²) in [5.41, 5.74) is 0. The molecule has 1 amide bonds. The number of hydrogen-bond donors (Lipinski definition) is 1. The zero-order chi connectivity index (χ0) is 25.2. The molecule has 0 aliphatic carbocycles.